The van der Waals surface area contributed by atoms with Crippen LogP contribution in [0.3, 0.4) is 0 Å². The number of aryl methyl sites for hydroxylation is 2. The molecule has 1 N–H and O–H groups in total. The van der Waals surface area contributed by atoms with Gasteiger partial charge in [0.2, 0.25) is 0 Å². The van der Waals surface area contributed by atoms with E-state index < -0.39 is 0 Å². The average Bonchev–Trinajstić information content (AvgIpc) is 2.56. The van der Waals surface area contributed by atoms with E-state index in [2.05, 4.69) is 23.1 Å². The summed E-state index contributed by atoms with van der Waals surface area (Å²) in [6, 6.07) is 8.12. The smallest absolute Gasteiger partial charge is 0.119 e. The number of aromatic nitrogens is 1. The first-order valence-corrected chi connectivity index (χ1v) is 6.05. The summed E-state index contributed by atoms with van der Waals surface area (Å²) in [5.41, 5.74) is 6.28. The van der Waals surface area contributed by atoms with Gasteiger partial charge in [-0.15, -0.1) is 0 Å². The van der Waals surface area contributed by atoms with Crippen LogP contribution in [0.25, 0.3) is 0 Å². The Morgan fingerprint density at radius 2 is 2.06 bits per heavy atom. The lowest BCUT2D eigenvalue weighted by molar-refractivity contribution is 0.319. The standard InChI is InChI=1S/C15H14N2O/c1-10-3-2-4-13-12(10)6-5-11-7-8-16-9-14(11)15(13)17-18/h2-4,7-9,18H,5-6H2,1H3/b17-15-. The lowest BCUT2D eigenvalue weighted by Crippen LogP contribution is -2.07. The number of oxime groups is 1. The van der Waals surface area contributed by atoms with Gasteiger partial charge in [-0.3, -0.25) is 4.98 Å². The molecule has 0 saturated heterocycles. The minimum absolute atomic E-state index is 0.634. The fourth-order valence-electron chi connectivity index (χ4n) is 2.62. The molecule has 0 unspecified atom stereocenters. The van der Waals surface area contributed by atoms with Crippen molar-refractivity contribution in [1.29, 1.82) is 0 Å². The van der Waals surface area contributed by atoms with Crippen molar-refractivity contribution < 1.29 is 5.21 Å². The van der Waals surface area contributed by atoms with Crippen LogP contribution in [-0.2, 0) is 12.8 Å². The van der Waals surface area contributed by atoms with Crippen LogP contribution in [0, 0.1) is 6.92 Å². The molecule has 0 fully saturated rings. The molecule has 0 spiro atoms. The van der Waals surface area contributed by atoms with Crippen molar-refractivity contribution in [1.82, 2.24) is 4.98 Å². The molecule has 3 rings (SSSR count). The molecule has 0 bridgehead atoms. The Bertz CT molecular complexity index is 632. The largest absolute Gasteiger partial charge is 0.410 e. The molecule has 1 aliphatic rings. The van der Waals surface area contributed by atoms with Gasteiger partial charge in [-0.2, -0.15) is 0 Å². The van der Waals surface area contributed by atoms with Crippen molar-refractivity contribution >= 4 is 5.71 Å². The second kappa shape index (κ2) is 4.26. The highest BCUT2D eigenvalue weighted by Crippen LogP contribution is 2.26. The molecule has 18 heavy (non-hydrogen) atoms. The van der Waals surface area contributed by atoms with Gasteiger partial charge in [-0.25, -0.2) is 0 Å². The van der Waals surface area contributed by atoms with Gasteiger partial charge in [-0.1, -0.05) is 23.4 Å². The van der Waals surface area contributed by atoms with Gasteiger partial charge in [0.15, 0.2) is 0 Å². The topological polar surface area (TPSA) is 45.5 Å². The summed E-state index contributed by atoms with van der Waals surface area (Å²) < 4.78 is 0. The predicted molar refractivity (Wildman–Crippen MR) is 70.2 cm³/mol. The van der Waals surface area contributed by atoms with E-state index in [1.165, 1.54) is 16.7 Å². The van der Waals surface area contributed by atoms with Gasteiger partial charge >= 0.3 is 0 Å². The Hall–Kier alpha value is -2.16. The van der Waals surface area contributed by atoms with E-state index in [4.69, 9.17) is 0 Å². The van der Waals surface area contributed by atoms with Crippen LogP contribution in [0.2, 0.25) is 0 Å². The SMILES string of the molecule is Cc1cccc2c1CCc1ccncc1/C2=N\O. The van der Waals surface area contributed by atoms with Gasteiger partial charge < -0.3 is 5.21 Å². The second-order valence-electron chi connectivity index (χ2n) is 4.58. The van der Waals surface area contributed by atoms with Crippen LogP contribution in [-0.4, -0.2) is 15.9 Å². The fraction of sp³-hybridized carbons (Fsp3) is 0.200. The van der Waals surface area contributed by atoms with Crippen molar-refractivity contribution in [2.45, 2.75) is 19.8 Å². The van der Waals surface area contributed by atoms with Crippen LogP contribution in [0.4, 0.5) is 0 Å². The molecule has 2 aromatic rings. The van der Waals surface area contributed by atoms with Gasteiger partial charge in [0.05, 0.1) is 0 Å². The Morgan fingerprint density at radius 1 is 1.17 bits per heavy atom. The average molecular weight is 238 g/mol. The third-order valence-electron chi connectivity index (χ3n) is 3.58. The van der Waals surface area contributed by atoms with Crippen molar-refractivity contribution in [2.75, 3.05) is 0 Å². The van der Waals surface area contributed by atoms with Gasteiger partial charge in [0, 0.05) is 23.5 Å². The van der Waals surface area contributed by atoms with Crippen molar-refractivity contribution in [3.8, 4) is 0 Å². The zero-order valence-corrected chi connectivity index (χ0v) is 10.2. The van der Waals surface area contributed by atoms with Gasteiger partial charge in [-0.05, 0) is 42.5 Å². The van der Waals surface area contributed by atoms with Crippen molar-refractivity contribution in [2.24, 2.45) is 5.16 Å². The van der Waals surface area contributed by atoms with Crippen LogP contribution in [0.1, 0.15) is 27.8 Å². The van der Waals surface area contributed by atoms with Crippen molar-refractivity contribution in [3.63, 3.8) is 0 Å². The summed E-state index contributed by atoms with van der Waals surface area (Å²) >= 11 is 0. The number of benzene rings is 1. The molecule has 1 heterocycles. The van der Waals surface area contributed by atoms with E-state index in [0.717, 1.165) is 24.0 Å². The molecule has 0 saturated carbocycles. The summed E-state index contributed by atoms with van der Waals surface area (Å²) in [6.07, 6.45) is 5.49. The van der Waals surface area contributed by atoms with E-state index >= 15 is 0 Å². The molecule has 90 valence electrons. The minimum Gasteiger partial charge on any atom is -0.410 e. The number of nitrogens with zero attached hydrogens (tertiary/aromatic N) is 2. The maximum absolute atomic E-state index is 9.36. The van der Waals surface area contributed by atoms with Crippen LogP contribution in [0.5, 0.6) is 0 Å². The molecular weight excluding hydrogens is 224 g/mol. The highest BCUT2D eigenvalue weighted by atomic mass is 16.4. The number of rotatable bonds is 0. The Morgan fingerprint density at radius 3 is 2.89 bits per heavy atom. The van der Waals surface area contributed by atoms with E-state index in [1.54, 1.807) is 12.4 Å². The zero-order chi connectivity index (χ0) is 12.5. The van der Waals surface area contributed by atoms with Crippen LogP contribution in [0.15, 0.2) is 41.8 Å². The number of hydrogen-bond donors (Lipinski definition) is 1. The number of pyridine rings is 1. The highest BCUT2D eigenvalue weighted by molar-refractivity contribution is 6.14. The molecule has 3 heteroatoms. The Labute approximate surface area is 106 Å². The van der Waals surface area contributed by atoms with E-state index in [1.807, 2.05) is 18.2 Å². The first kappa shape index (κ1) is 11.0. The summed E-state index contributed by atoms with van der Waals surface area (Å²) in [6.45, 7) is 2.10. The first-order chi connectivity index (χ1) is 8.81. The first-order valence-electron chi connectivity index (χ1n) is 6.05. The van der Waals surface area contributed by atoms with Crippen molar-refractivity contribution in [3.05, 3.63) is 64.5 Å². The highest BCUT2D eigenvalue weighted by Gasteiger charge is 2.20. The Balaban J connectivity index is 2.29. The summed E-state index contributed by atoms with van der Waals surface area (Å²) in [7, 11) is 0. The molecule has 0 atom stereocenters. The predicted octanol–water partition coefficient (Wildman–Crippen LogP) is 2.72. The molecule has 1 aliphatic carbocycles. The van der Waals surface area contributed by atoms with Crippen LogP contribution >= 0.6 is 0 Å². The minimum atomic E-state index is 0.634. The van der Waals surface area contributed by atoms with E-state index in [0.29, 0.717) is 5.71 Å². The molecule has 1 aromatic carbocycles. The normalized spacial score (nSPS) is 15.9. The quantitative estimate of drug-likeness (QED) is 0.566. The van der Waals surface area contributed by atoms with Gasteiger partial charge in [0.1, 0.15) is 5.71 Å². The summed E-state index contributed by atoms with van der Waals surface area (Å²) in [4.78, 5) is 4.14. The summed E-state index contributed by atoms with van der Waals surface area (Å²) in [5, 5.41) is 12.9. The van der Waals surface area contributed by atoms with Crippen LogP contribution < -0.4 is 0 Å². The Kier molecular flexibility index (Phi) is 2.59. The number of hydrogen-bond acceptors (Lipinski definition) is 3. The summed E-state index contributed by atoms with van der Waals surface area (Å²) in [5.74, 6) is 0. The third kappa shape index (κ3) is 1.59. The monoisotopic (exact) mass is 238 g/mol. The third-order valence-corrected chi connectivity index (χ3v) is 3.58. The molecule has 1 aromatic heterocycles. The lowest BCUT2D eigenvalue weighted by Gasteiger charge is -2.09. The fourth-order valence-corrected chi connectivity index (χ4v) is 2.62. The maximum Gasteiger partial charge on any atom is 0.119 e. The molecule has 0 amide bonds. The number of fused-ring (bicyclic) bond motifs is 2. The van der Waals surface area contributed by atoms with Gasteiger partial charge in [0.25, 0.3) is 0 Å². The molecule has 3 nitrogen and oxygen atoms in total. The molecular formula is C15H14N2O. The molecule has 0 radical (unpaired) electrons. The zero-order valence-electron chi connectivity index (χ0n) is 10.2. The molecule has 0 aliphatic heterocycles. The lowest BCUT2D eigenvalue weighted by atomic mass is 9.96. The maximum atomic E-state index is 9.36. The second-order valence-corrected chi connectivity index (χ2v) is 4.58. The van der Waals surface area contributed by atoms with E-state index in [9.17, 15) is 5.21 Å². The van der Waals surface area contributed by atoms with E-state index in [-0.39, 0.29) is 0 Å².